The number of hydrogen-bond donors (Lipinski definition) is 1. The van der Waals surface area contributed by atoms with Crippen LogP contribution in [-0.4, -0.2) is 35.9 Å². The molecule has 1 aromatic carbocycles. The van der Waals surface area contributed by atoms with Gasteiger partial charge in [0.25, 0.3) is 0 Å². The molecule has 1 saturated heterocycles. The lowest BCUT2D eigenvalue weighted by Crippen LogP contribution is -2.23. The number of nitrogens with zero attached hydrogens (tertiary/aromatic N) is 2. The molecule has 28 heavy (non-hydrogen) atoms. The Kier molecular flexibility index (Phi) is 6.54. The van der Waals surface area contributed by atoms with Crippen molar-refractivity contribution in [3.05, 3.63) is 47.0 Å². The number of aromatic nitrogens is 1. The third kappa shape index (κ3) is 5.26. The van der Waals surface area contributed by atoms with E-state index < -0.39 is 5.97 Å². The first kappa shape index (κ1) is 19.8. The largest absolute Gasteiger partial charge is 0.463 e. The lowest BCUT2D eigenvalue weighted by Gasteiger charge is -2.10. The van der Waals surface area contributed by atoms with Gasteiger partial charge < -0.3 is 10.1 Å². The second-order valence-electron chi connectivity index (χ2n) is 6.20. The number of rotatable bonds is 7. The standard InChI is InChI=1S/C20H21N3O4S/c1-2-27-19(26)10-7-14-5-8-15(9-6-14)21-17(24)12-16-13-28-20(22-16)23-11-3-4-18(23)25/h5-10,13H,2-4,11-12H2,1H3,(H,21,24). The van der Waals surface area contributed by atoms with Gasteiger partial charge >= 0.3 is 5.97 Å². The van der Waals surface area contributed by atoms with Crippen molar-refractivity contribution in [2.45, 2.75) is 26.2 Å². The fourth-order valence-electron chi connectivity index (χ4n) is 2.75. The van der Waals surface area contributed by atoms with Crippen molar-refractivity contribution < 1.29 is 19.1 Å². The Labute approximate surface area is 167 Å². The van der Waals surface area contributed by atoms with E-state index in [4.69, 9.17) is 4.74 Å². The molecule has 1 N–H and O–H groups in total. The minimum absolute atomic E-state index is 0.0856. The summed E-state index contributed by atoms with van der Waals surface area (Å²) in [7, 11) is 0. The first-order valence-corrected chi connectivity index (χ1v) is 9.92. The van der Waals surface area contributed by atoms with E-state index in [-0.39, 0.29) is 18.2 Å². The number of thiazole rings is 1. The number of carbonyl (C=O) groups excluding carboxylic acids is 3. The van der Waals surface area contributed by atoms with Crippen LogP contribution >= 0.6 is 11.3 Å². The van der Waals surface area contributed by atoms with Crippen LogP contribution in [0.4, 0.5) is 10.8 Å². The van der Waals surface area contributed by atoms with Gasteiger partial charge in [-0.15, -0.1) is 11.3 Å². The lowest BCUT2D eigenvalue weighted by atomic mass is 10.2. The summed E-state index contributed by atoms with van der Waals surface area (Å²) < 4.78 is 4.83. The van der Waals surface area contributed by atoms with E-state index >= 15 is 0 Å². The van der Waals surface area contributed by atoms with Crippen LogP contribution in [0.25, 0.3) is 6.08 Å². The van der Waals surface area contributed by atoms with Crippen molar-refractivity contribution in [1.82, 2.24) is 4.98 Å². The predicted molar refractivity (Wildman–Crippen MR) is 108 cm³/mol. The van der Waals surface area contributed by atoms with Crippen molar-refractivity contribution in [3.63, 3.8) is 0 Å². The van der Waals surface area contributed by atoms with Crippen LogP contribution < -0.4 is 10.2 Å². The van der Waals surface area contributed by atoms with E-state index in [1.54, 1.807) is 42.2 Å². The fraction of sp³-hybridized carbons (Fsp3) is 0.300. The number of anilines is 2. The number of ether oxygens (including phenoxy) is 1. The summed E-state index contributed by atoms with van der Waals surface area (Å²) in [6.07, 6.45) is 4.56. The Morgan fingerprint density at radius 3 is 2.79 bits per heavy atom. The van der Waals surface area contributed by atoms with Crippen LogP contribution in [0.2, 0.25) is 0 Å². The van der Waals surface area contributed by atoms with Gasteiger partial charge in [0.2, 0.25) is 11.8 Å². The van der Waals surface area contributed by atoms with E-state index in [1.165, 1.54) is 17.4 Å². The Morgan fingerprint density at radius 1 is 1.32 bits per heavy atom. The quantitative estimate of drug-likeness (QED) is 0.571. The van der Waals surface area contributed by atoms with Crippen LogP contribution in [0.1, 0.15) is 31.0 Å². The third-order valence-corrected chi connectivity index (χ3v) is 4.99. The summed E-state index contributed by atoms with van der Waals surface area (Å²) in [4.78, 5) is 41.4. The molecule has 1 aliphatic rings. The van der Waals surface area contributed by atoms with Crippen molar-refractivity contribution >= 4 is 46.0 Å². The Balaban J connectivity index is 1.53. The van der Waals surface area contributed by atoms with Crippen molar-refractivity contribution in [2.75, 3.05) is 23.4 Å². The molecule has 0 unspecified atom stereocenters. The van der Waals surface area contributed by atoms with Gasteiger partial charge in [-0.25, -0.2) is 9.78 Å². The highest BCUT2D eigenvalue weighted by Crippen LogP contribution is 2.25. The molecule has 2 heterocycles. The first-order chi connectivity index (χ1) is 13.5. The maximum absolute atomic E-state index is 12.2. The molecule has 1 aromatic heterocycles. The maximum Gasteiger partial charge on any atom is 0.330 e. The van der Waals surface area contributed by atoms with Crippen LogP contribution in [-0.2, 0) is 25.5 Å². The number of esters is 1. The molecule has 0 radical (unpaired) electrons. The molecule has 0 saturated carbocycles. The predicted octanol–water partition coefficient (Wildman–Crippen LogP) is 3.03. The van der Waals surface area contributed by atoms with E-state index in [2.05, 4.69) is 10.3 Å². The van der Waals surface area contributed by atoms with Gasteiger partial charge in [0.15, 0.2) is 5.13 Å². The molecule has 146 valence electrons. The van der Waals surface area contributed by atoms with Crippen LogP contribution in [0.3, 0.4) is 0 Å². The topological polar surface area (TPSA) is 88.6 Å². The van der Waals surface area contributed by atoms with Gasteiger partial charge in [-0.3, -0.25) is 14.5 Å². The summed E-state index contributed by atoms with van der Waals surface area (Å²) in [5.74, 6) is -0.486. The van der Waals surface area contributed by atoms with Gasteiger partial charge in [0.05, 0.1) is 18.7 Å². The zero-order chi connectivity index (χ0) is 19.9. The lowest BCUT2D eigenvalue weighted by molar-refractivity contribution is -0.137. The Bertz CT molecular complexity index is 889. The molecule has 0 bridgehead atoms. The minimum atomic E-state index is -0.391. The van der Waals surface area contributed by atoms with E-state index in [0.717, 1.165) is 12.0 Å². The molecule has 0 aliphatic carbocycles. The summed E-state index contributed by atoms with van der Waals surface area (Å²) in [5.41, 5.74) is 2.13. The van der Waals surface area contributed by atoms with Crippen LogP contribution in [0.5, 0.6) is 0 Å². The minimum Gasteiger partial charge on any atom is -0.463 e. The second kappa shape index (κ2) is 9.27. The van der Waals surface area contributed by atoms with Gasteiger partial charge in [-0.05, 0) is 37.1 Å². The van der Waals surface area contributed by atoms with E-state index in [9.17, 15) is 14.4 Å². The Morgan fingerprint density at radius 2 is 2.11 bits per heavy atom. The first-order valence-electron chi connectivity index (χ1n) is 9.04. The number of benzene rings is 1. The molecule has 1 aliphatic heterocycles. The van der Waals surface area contributed by atoms with Crippen molar-refractivity contribution in [1.29, 1.82) is 0 Å². The summed E-state index contributed by atoms with van der Waals surface area (Å²) in [6, 6.07) is 7.12. The highest BCUT2D eigenvalue weighted by Gasteiger charge is 2.24. The second-order valence-corrected chi connectivity index (χ2v) is 7.04. The van der Waals surface area contributed by atoms with Crippen LogP contribution in [0, 0.1) is 0 Å². The molecule has 2 aromatic rings. The highest BCUT2D eigenvalue weighted by molar-refractivity contribution is 7.14. The van der Waals surface area contributed by atoms with E-state index in [1.807, 2.05) is 5.38 Å². The molecule has 7 nitrogen and oxygen atoms in total. The SMILES string of the molecule is CCOC(=O)C=Cc1ccc(NC(=O)Cc2csc(N3CCCC3=O)n2)cc1. The molecule has 2 amide bonds. The number of hydrogen-bond acceptors (Lipinski definition) is 6. The molecule has 1 fully saturated rings. The van der Waals surface area contributed by atoms with Crippen LogP contribution in [0.15, 0.2) is 35.7 Å². The normalized spacial score (nSPS) is 13.9. The van der Waals surface area contributed by atoms with Gasteiger partial charge in [0, 0.05) is 30.1 Å². The van der Waals surface area contributed by atoms with E-state index in [0.29, 0.717) is 36.1 Å². The average molecular weight is 399 g/mol. The highest BCUT2D eigenvalue weighted by atomic mass is 32.1. The van der Waals surface area contributed by atoms with Gasteiger partial charge in [-0.1, -0.05) is 12.1 Å². The van der Waals surface area contributed by atoms with Crippen molar-refractivity contribution in [3.8, 4) is 0 Å². The fourth-order valence-corrected chi connectivity index (χ4v) is 3.62. The number of carbonyl (C=O) groups is 3. The third-order valence-electron chi connectivity index (χ3n) is 4.08. The smallest absolute Gasteiger partial charge is 0.330 e. The summed E-state index contributed by atoms with van der Waals surface area (Å²) in [6.45, 7) is 2.78. The molecule has 8 heteroatoms. The van der Waals surface area contributed by atoms with Gasteiger partial charge in [-0.2, -0.15) is 0 Å². The molecule has 0 spiro atoms. The molecular formula is C20H21N3O4S. The zero-order valence-electron chi connectivity index (χ0n) is 15.5. The van der Waals surface area contributed by atoms with Crippen molar-refractivity contribution in [2.24, 2.45) is 0 Å². The Hall–Kier alpha value is -3.00. The summed E-state index contributed by atoms with van der Waals surface area (Å²) >= 11 is 1.38. The molecule has 3 rings (SSSR count). The molecular weight excluding hydrogens is 378 g/mol. The zero-order valence-corrected chi connectivity index (χ0v) is 16.3. The summed E-state index contributed by atoms with van der Waals surface area (Å²) in [5, 5.41) is 5.28. The number of nitrogens with one attached hydrogen (secondary N) is 1. The maximum atomic E-state index is 12.2. The molecule has 0 atom stereocenters. The monoisotopic (exact) mass is 399 g/mol. The average Bonchev–Trinajstić information content (AvgIpc) is 3.30. The van der Waals surface area contributed by atoms with Gasteiger partial charge in [0.1, 0.15) is 0 Å². The number of amides is 2.